The van der Waals surface area contributed by atoms with Gasteiger partial charge in [-0.1, -0.05) is 69.5 Å². The van der Waals surface area contributed by atoms with Crippen LogP contribution in [0.2, 0.25) is 0 Å². The molecule has 3 nitrogen and oxygen atoms in total. The van der Waals surface area contributed by atoms with Crippen molar-refractivity contribution in [2.45, 2.75) is 64.7 Å². The van der Waals surface area contributed by atoms with E-state index in [4.69, 9.17) is 5.79 Å². The van der Waals surface area contributed by atoms with Gasteiger partial charge in [-0.3, -0.25) is 0 Å². The van der Waals surface area contributed by atoms with Crippen LogP contribution in [0, 0.1) is 18.3 Å². The van der Waals surface area contributed by atoms with Crippen LogP contribution in [0.3, 0.4) is 0 Å². The Bertz CT molecular complexity index is 1740. The largest absolute Gasteiger partial charge is 0.454 e. The molecule has 5 aromatic rings. The van der Waals surface area contributed by atoms with Crippen LogP contribution in [-0.4, -0.2) is 0 Å². The van der Waals surface area contributed by atoms with Gasteiger partial charge in [0.05, 0.1) is 17.2 Å². The highest BCUT2D eigenvalue weighted by molar-refractivity contribution is 6.14. The van der Waals surface area contributed by atoms with E-state index in [1.807, 2.05) is 45.3 Å². The molecule has 2 heterocycles. The maximum Gasteiger partial charge on any atom is 0.216 e. The number of benzene rings is 3. The first-order chi connectivity index (χ1) is 18.8. The average Bonchev–Trinajstić information content (AvgIpc) is 3.31. The fourth-order valence-electron chi connectivity index (χ4n) is 6.19. The first-order valence-electron chi connectivity index (χ1n) is 14.3. The van der Waals surface area contributed by atoms with Crippen LogP contribution in [0.25, 0.3) is 44.3 Å². The number of furan rings is 1. The summed E-state index contributed by atoms with van der Waals surface area (Å²) in [5.41, 5.74) is 9.54. The molecule has 0 atom stereocenters. The number of pyridine rings is 1. The monoisotopic (exact) mass is 500 g/mol. The molecule has 3 aromatic carbocycles. The van der Waals surface area contributed by atoms with Crippen LogP contribution in [0.15, 0.2) is 71.3 Å². The molecule has 38 heavy (non-hydrogen) atoms. The molecule has 0 aliphatic heterocycles. The summed E-state index contributed by atoms with van der Waals surface area (Å²) in [6.07, 6.45) is 8.52. The van der Waals surface area contributed by atoms with Gasteiger partial charge in [-0.15, -0.1) is 0 Å². The molecule has 0 saturated heterocycles. The van der Waals surface area contributed by atoms with Crippen LogP contribution in [0.4, 0.5) is 0 Å². The lowest BCUT2D eigenvalue weighted by atomic mass is 9.83. The summed E-state index contributed by atoms with van der Waals surface area (Å²) < 4.78 is 17.4. The van der Waals surface area contributed by atoms with Crippen molar-refractivity contribution in [1.29, 1.82) is 5.26 Å². The maximum absolute atomic E-state index is 10.1. The molecule has 0 bridgehead atoms. The van der Waals surface area contributed by atoms with E-state index in [1.165, 1.54) is 37.7 Å². The molecule has 1 fully saturated rings. The quantitative estimate of drug-likeness (QED) is 0.231. The second-order valence-electron chi connectivity index (χ2n) is 11.1. The number of nitrogens with zero attached hydrogens (tertiary/aromatic N) is 2. The molecule has 0 amide bonds. The number of hydrogen-bond donors (Lipinski definition) is 0. The standard InChI is InChI=1S/C35H35N2O/c1-22(2)27-18-19-37(4)31(20-27)32-23(3)10-16-29-30-17-15-28(21-36)33(35(30)38-34(29)32)26-13-11-25(12-14-26)24-8-6-5-7-9-24/h10-20,22,24H,5-9H2,1-4H3/q+1/i22D. The van der Waals surface area contributed by atoms with E-state index in [2.05, 4.69) is 60.0 Å². The molecule has 0 radical (unpaired) electrons. The Hall–Kier alpha value is -3.90. The number of rotatable bonds is 4. The fraction of sp³-hybridized carbons (Fsp3) is 0.314. The lowest BCUT2D eigenvalue weighted by Gasteiger charge is -2.22. The molecule has 1 aliphatic rings. The predicted molar refractivity (Wildman–Crippen MR) is 155 cm³/mol. The summed E-state index contributed by atoms with van der Waals surface area (Å²) in [5, 5.41) is 12.1. The average molecular weight is 501 g/mol. The van der Waals surface area contributed by atoms with Crippen molar-refractivity contribution in [1.82, 2.24) is 0 Å². The molecule has 1 saturated carbocycles. The van der Waals surface area contributed by atoms with Gasteiger partial charge in [-0.2, -0.15) is 5.26 Å². The van der Waals surface area contributed by atoms with Crippen molar-refractivity contribution >= 4 is 21.9 Å². The lowest BCUT2D eigenvalue weighted by Crippen LogP contribution is -2.31. The summed E-state index contributed by atoms with van der Waals surface area (Å²) >= 11 is 0. The van der Waals surface area contributed by atoms with Crippen LogP contribution in [-0.2, 0) is 7.05 Å². The Kier molecular flexibility index (Phi) is 5.97. The minimum atomic E-state index is -0.711. The summed E-state index contributed by atoms with van der Waals surface area (Å²) in [4.78, 5) is 0. The Morgan fingerprint density at radius 3 is 2.29 bits per heavy atom. The van der Waals surface area contributed by atoms with E-state index < -0.39 is 5.89 Å². The molecular weight excluding hydrogens is 464 g/mol. The Balaban J connectivity index is 1.57. The second kappa shape index (κ2) is 9.76. The third-order valence-electron chi connectivity index (χ3n) is 8.40. The van der Waals surface area contributed by atoms with Gasteiger partial charge in [0.15, 0.2) is 6.20 Å². The van der Waals surface area contributed by atoms with Gasteiger partial charge in [-0.05, 0) is 66.0 Å². The van der Waals surface area contributed by atoms with Crippen LogP contribution < -0.4 is 4.57 Å². The number of fused-ring (bicyclic) bond motifs is 3. The second-order valence-corrected chi connectivity index (χ2v) is 11.1. The highest BCUT2D eigenvalue weighted by atomic mass is 16.3. The zero-order valence-corrected chi connectivity index (χ0v) is 22.8. The van der Waals surface area contributed by atoms with Crippen molar-refractivity contribution in [2.75, 3.05) is 0 Å². The summed E-state index contributed by atoms with van der Waals surface area (Å²) in [7, 11) is 2.03. The number of hydrogen-bond acceptors (Lipinski definition) is 2. The van der Waals surface area contributed by atoms with Gasteiger partial charge in [0.25, 0.3) is 0 Å². The van der Waals surface area contributed by atoms with Crippen LogP contribution >= 0.6 is 0 Å². The highest BCUT2D eigenvalue weighted by Gasteiger charge is 2.24. The van der Waals surface area contributed by atoms with Gasteiger partial charge in [0.1, 0.15) is 18.2 Å². The maximum atomic E-state index is 10.1. The Labute approximate surface area is 226 Å². The van der Waals surface area contributed by atoms with Gasteiger partial charge < -0.3 is 4.42 Å². The van der Waals surface area contributed by atoms with E-state index in [0.29, 0.717) is 11.5 Å². The molecule has 0 unspecified atom stereocenters. The topological polar surface area (TPSA) is 40.8 Å². The SMILES string of the molecule is [2H]C(C)(C)c1cc[n+](C)c(-c2c(C)ccc3c2oc2c(-c4ccc(C5CCCCC5)cc4)c(C#N)ccc23)c1. The van der Waals surface area contributed by atoms with Crippen molar-refractivity contribution in [3.63, 3.8) is 0 Å². The van der Waals surface area contributed by atoms with Gasteiger partial charge in [0.2, 0.25) is 5.69 Å². The Morgan fingerprint density at radius 2 is 1.61 bits per heavy atom. The molecular formula is C35H35N2O+. The summed E-state index contributed by atoms with van der Waals surface area (Å²) in [6.45, 7) is 5.93. The summed E-state index contributed by atoms with van der Waals surface area (Å²) in [5.74, 6) is -0.0712. The third-order valence-corrected chi connectivity index (χ3v) is 8.40. The molecule has 190 valence electrons. The first-order valence-corrected chi connectivity index (χ1v) is 13.8. The lowest BCUT2D eigenvalue weighted by molar-refractivity contribution is -0.660. The third kappa shape index (κ3) is 4.09. The minimum absolute atomic E-state index is 0.619. The predicted octanol–water partition coefficient (Wildman–Crippen LogP) is 9.10. The number of aryl methyl sites for hydroxylation is 2. The van der Waals surface area contributed by atoms with Gasteiger partial charge >= 0.3 is 0 Å². The van der Waals surface area contributed by atoms with Crippen molar-refractivity contribution in [3.05, 3.63) is 89.1 Å². The minimum Gasteiger partial charge on any atom is -0.454 e. The first kappa shape index (κ1) is 23.2. The fourth-order valence-corrected chi connectivity index (χ4v) is 6.19. The molecule has 0 spiro atoms. The van der Waals surface area contributed by atoms with E-state index in [0.717, 1.165) is 55.4 Å². The molecule has 0 N–H and O–H groups in total. The number of nitriles is 1. The van der Waals surface area contributed by atoms with Crippen molar-refractivity contribution in [2.24, 2.45) is 7.05 Å². The van der Waals surface area contributed by atoms with Crippen LogP contribution in [0.5, 0.6) is 0 Å². The van der Waals surface area contributed by atoms with E-state index in [9.17, 15) is 5.26 Å². The molecule has 6 rings (SSSR count). The zero-order valence-electron chi connectivity index (χ0n) is 23.8. The van der Waals surface area contributed by atoms with Crippen LogP contribution in [0.1, 0.15) is 81.4 Å². The van der Waals surface area contributed by atoms with E-state index in [1.54, 1.807) is 0 Å². The number of aromatic nitrogens is 1. The van der Waals surface area contributed by atoms with Crippen molar-refractivity contribution < 1.29 is 10.4 Å². The van der Waals surface area contributed by atoms with Crippen molar-refractivity contribution in [3.8, 4) is 28.5 Å². The van der Waals surface area contributed by atoms with E-state index in [-0.39, 0.29) is 0 Å². The molecule has 2 aromatic heterocycles. The highest BCUT2D eigenvalue weighted by Crippen LogP contribution is 2.42. The molecule has 3 heteroatoms. The van der Waals surface area contributed by atoms with Gasteiger partial charge in [0, 0.05) is 29.8 Å². The van der Waals surface area contributed by atoms with E-state index >= 15 is 0 Å². The summed E-state index contributed by atoms with van der Waals surface area (Å²) in [6, 6.07) is 23.6. The molecule has 1 aliphatic carbocycles. The smallest absolute Gasteiger partial charge is 0.216 e. The van der Waals surface area contributed by atoms with Gasteiger partial charge in [-0.25, -0.2) is 4.57 Å². The zero-order chi connectivity index (χ0) is 27.3. The Morgan fingerprint density at radius 1 is 0.921 bits per heavy atom. The normalized spacial score (nSPS) is 15.1.